The van der Waals surface area contributed by atoms with E-state index in [-0.39, 0.29) is 17.4 Å². The minimum absolute atomic E-state index is 0.197. The van der Waals surface area contributed by atoms with Gasteiger partial charge in [0.1, 0.15) is 5.82 Å². The Bertz CT molecular complexity index is 1450. The van der Waals surface area contributed by atoms with Gasteiger partial charge in [-0.25, -0.2) is 4.98 Å². The molecule has 1 amide bonds. The van der Waals surface area contributed by atoms with Crippen LogP contribution < -0.4 is 10.9 Å². The number of carbonyl (C=O) groups is 1. The Labute approximate surface area is 201 Å². The Morgan fingerprint density at radius 2 is 2.03 bits per heavy atom. The average Bonchev–Trinajstić information content (AvgIpc) is 3.32. The van der Waals surface area contributed by atoms with E-state index in [1.165, 1.54) is 4.57 Å². The number of nitrogens with zero attached hydrogens (tertiary/aromatic N) is 3. The number of benzene rings is 2. The number of ether oxygens (including phenoxy) is 1. The SMILES string of the molecule is COCCCn1c(=S)[nH]c2cc(C(=O)Nc3ccccc3-c3n[nH]c(C(C)C)n3)ccc2c1=O. The molecule has 2 aromatic carbocycles. The van der Waals surface area contributed by atoms with Gasteiger partial charge in [-0.15, -0.1) is 0 Å². The highest BCUT2D eigenvalue weighted by Gasteiger charge is 2.16. The number of methoxy groups -OCH3 is 1. The summed E-state index contributed by atoms with van der Waals surface area (Å²) in [5.41, 5.74) is 2.00. The van der Waals surface area contributed by atoms with Crippen LogP contribution in [0.1, 0.15) is 42.4 Å². The molecule has 0 atom stereocenters. The number of para-hydroxylation sites is 1. The molecule has 9 nitrogen and oxygen atoms in total. The van der Waals surface area contributed by atoms with Crippen molar-refractivity contribution in [2.45, 2.75) is 32.7 Å². The van der Waals surface area contributed by atoms with Gasteiger partial charge in [-0.2, -0.15) is 5.10 Å². The zero-order valence-electron chi connectivity index (χ0n) is 19.2. The molecule has 2 aromatic heterocycles. The van der Waals surface area contributed by atoms with Crippen molar-refractivity contribution in [3.8, 4) is 11.4 Å². The molecule has 0 spiro atoms. The third-order valence-electron chi connectivity index (χ3n) is 5.44. The Morgan fingerprint density at radius 1 is 1.24 bits per heavy atom. The fraction of sp³-hybridized carbons (Fsp3) is 0.292. The number of H-pyrrole nitrogens is 2. The van der Waals surface area contributed by atoms with Gasteiger partial charge >= 0.3 is 0 Å². The molecule has 176 valence electrons. The van der Waals surface area contributed by atoms with Gasteiger partial charge in [-0.05, 0) is 49.0 Å². The van der Waals surface area contributed by atoms with E-state index in [1.807, 2.05) is 32.0 Å². The fourth-order valence-electron chi connectivity index (χ4n) is 3.60. The fourth-order valence-corrected chi connectivity index (χ4v) is 3.88. The van der Waals surface area contributed by atoms with Crippen LogP contribution in [0.15, 0.2) is 47.3 Å². The van der Waals surface area contributed by atoms with Gasteiger partial charge in [-0.3, -0.25) is 19.3 Å². The summed E-state index contributed by atoms with van der Waals surface area (Å²) in [5, 5.41) is 10.6. The van der Waals surface area contributed by atoms with Gasteiger partial charge in [0.15, 0.2) is 10.6 Å². The van der Waals surface area contributed by atoms with Crippen LogP contribution in [0.25, 0.3) is 22.3 Å². The Morgan fingerprint density at radius 3 is 2.76 bits per heavy atom. The van der Waals surface area contributed by atoms with Gasteiger partial charge in [0.25, 0.3) is 11.5 Å². The van der Waals surface area contributed by atoms with Crippen molar-refractivity contribution >= 4 is 34.7 Å². The second kappa shape index (κ2) is 10.1. The van der Waals surface area contributed by atoms with Gasteiger partial charge in [0.2, 0.25) is 0 Å². The molecule has 0 aliphatic carbocycles. The first-order valence-corrected chi connectivity index (χ1v) is 11.4. The molecule has 34 heavy (non-hydrogen) atoms. The quantitative estimate of drug-likeness (QED) is 0.257. The van der Waals surface area contributed by atoms with Crippen molar-refractivity contribution in [1.29, 1.82) is 0 Å². The molecule has 0 saturated carbocycles. The van der Waals surface area contributed by atoms with Crippen LogP contribution in [0.3, 0.4) is 0 Å². The van der Waals surface area contributed by atoms with Crippen LogP contribution in [-0.4, -0.2) is 44.4 Å². The third-order valence-corrected chi connectivity index (χ3v) is 5.76. The van der Waals surface area contributed by atoms with Gasteiger partial charge in [-0.1, -0.05) is 26.0 Å². The molecule has 10 heteroatoms. The summed E-state index contributed by atoms with van der Waals surface area (Å²) in [6.45, 7) is 5.04. The highest BCUT2D eigenvalue weighted by atomic mass is 32.1. The van der Waals surface area contributed by atoms with Crippen LogP contribution in [0.4, 0.5) is 5.69 Å². The largest absolute Gasteiger partial charge is 0.385 e. The number of anilines is 1. The molecular weight excluding hydrogens is 452 g/mol. The lowest BCUT2D eigenvalue weighted by atomic mass is 10.1. The van der Waals surface area contributed by atoms with E-state index < -0.39 is 0 Å². The van der Waals surface area contributed by atoms with Crippen molar-refractivity contribution in [2.75, 3.05) is 19.0 Å². The normalized spacial score (nSPS) is 11.3. The second-order valence-corrected chi connectivity index (χ2v) is 8.58. The number of amides is 1. The maximum Gasteiger partial charge on any atom is 0.262 e. The molecule has 0 radical (unpaired) electrons. The van der Waals surface area contributed by atoms with Crippen molar-refractivity contribution in [3.05, 3.63) is 69.0 Å². The monoisotopic (exact) mass is 478 g/mol. The topological polar surface area (TPSA) is 118 Å². The molecular formula is C24H26N6O3S. The highest BCUT2D eigenvalue weighted by Crippen LogP contribution is 2.26. The molecule has 0 aliphatic rings. The molecule has 0 fully saturated rings. The van der Waals surface area contributed by atoms with E-state index in [0.717, 1.165) is 5.82 Å². The average molecular weight is 479 g/mol. The summed E-state index contributed by atoms with van der Waals surface area (Å²) < 4.78 is 6.87. The lowest BCUT2D eigenvalue weighted by Gasteiger charge is -2.11. The molecule has 2 heterocycles. The number of carbonyl (C=O) groups excluding carboxylic acids is 1. The van der Waals surface area contributed by atoms with Gasteiger partial charge in [0, 0.05) is 37.3 Å². The maximum absolute atomic E-state index is 13.1. The number of nitrogens with one attached hydrogen (secondary N) is 3. The van der Waals surface area contributed by atoms with E-state index in [4.69, 9.17) is 17.0 Å². The summed E-state index contributed by atoms with van der Waals surface area (Å²) in [7, 11) is 1.61. The van der Waals surface area contributed by atoms with E-state index in [2.05, 4.69) is 25.5 Å². The summed E-state index contributed by atoms with van der Waals surface area (Å²) in [4.78, 5) is 33.6. The highest BCUT2D eigenvalue weighted by molar-refractivity contribution is 7.71. The molecule has 0 saturated heterocycles. The second-order valence-electron chi connectivity index (χ2n) is 8.19. The minimum Gasteiger partial charge on any atom is -0.385 e. The summed E-state index contributed by atoms with van der Waals surface area (Å²) in [6, 6.07) is 12.2. The summed E-state index contributed by atoms with van der Waals surface area (Å²) in [5.74, 6) is 1.17. The number of rotatable bonds is 8. The smallest absolute Gasteiger partial charge is 0.262 e. The molecule has 0 aliphatic heterocycles. The lowest BCUT2D eigenvalue weighted by Crippen LogP contribution is -2.23. The predicted octanol–water partition coefficient (Wildman–Crippen LogP) is 4.26. The number of fused-ring (bicyclic) bond motifs is 1. The molecule has 3 N–H and O–H groups in total. The van der Waals surface area contributed by atoms with E-state index in [9.17, 15) is 9.59 Å². The number of hydrogen-bond acceptors (Lipinski definition) is 6. The number of aromatic nitrogens is 5. The maximum atomic E-state index is 13.1. The first-order chi connectivity index (χ1) is 16.4. The standard InChI is InChI=1S/C24H26N6O3S/c1-14(2)20-27-21(29-28-20)16-7-4-5-8-18(16)25-22(31)15-9-10-17-19(13-15)26-24(34)30(23(17)32)11-6-12-33-3/h4-5,7-10,13-14H,6,11-12H2,1-3H3,(H,25,31)(H,26,34)(H,27,28,29). The Hall–Kier alpha value is -3.63. The third kappa shape index (κ3) is 4.82. The van der Waals surface area contributed by atoms with E-state index in [0.29, 0.717) is 57.9 Å². The van der Waals surface area contributed by atoms with Crippen LogP contribution in [0.2, 0.25) is 0 Å². The first kappa shape index (κ1) is 23.5. The minimum atomic E-state index is -0.322. The molecule has 0 unspecified atom stereocenters. The zero-order chi connectivity index (χ0) is 24.2. The predicted molar refractivity (Wildman–Crippen MR) is 134 cm³/mol. The van der Waals surface area contributed by atoms with E-state index >= 15 is 0 Å². The van der Waals surface area contributed by atoms with Crippen molar-refractivity contribution in [3.63, 3.8) is 0 Å². The first-order valence-electron chi connectivity index (χ1n) is 11.0. The molecule has 0 bridgehead atoms. The number of hydrogen-bond donors (Lipinski definition) is 3. The number of aromatic amines is 2. The van der Waals surface area contributed by atoms with Crippen LogP contribution in [0.5, 0.6) is 0 Å². The van der Waals surface area contributed by atoms with Crippen molar-refractivity contribution in [2.24, 2.45) is 0 Å². The van der Waals surface area contributed by atoms with Gasteiger partial charge < -0.3 is 15.0 Å². The zero-order valence-corrected chi connectivity index (χ0v) is 20.0. The summed E-state index contributed by atoms with van der Waals surface area (Å²) >= 11 is 5.37. The Balaban J connectivity index is 1.62. The van der Waals surface area contributed by atoms with Crippen LogP contribution in [0, 0.1) is 4.77 Å². The van der Waals surface area contributed by atoms with Gasteiger partial charge in [0.05, 0.1) is 16.6 Å². The lowest BCUT2D eigenvalue weighted by molar-refractivity contribution is 0.102. The van der Waals surface area contributed by atoms with Crippen molar-refractivity contribution < 1.29 is 9.53 Å². The molecule has 4 rings (SSSR count). The van der Waals surface area contributed by atoms with E-state index in [1.54, 1.807) is 31.4 Å². The van der Waals surface area contributed by atoms with Crippen molar-refractivity contribution in [1.82, 2.24) is 24.7 Å². The van der Waals surface area contributed by atoms with Crippen LogP contribution in [-0.2, 0) is 11.3 Å². The van der Waals surface area contributed by atoms with Crippen LogP contribution >= 0.6 is 12.2 Å². The Kier molecular flexibility index (Phi) is 6.99. The molecule has 4 aromatic rings. The summed E-state index contributed by atoms with van der Waals surface area (Å²) in [6.07, 6.45) is 0.669.